The molecular weight excluding hydrogens is 536 g/mol. The number of benzene rings is 6. The van der Waals surface area contributed by atoms with E-state index in [1.165, 1.54) is 50.1 Å². The highest BCUT2D eigenvalue weighted by Crippen LogP contribution is 2.56. The number of methoxy groups -OCH3 is 1. The highest BCUT2D eigenvalue weighted by atomic mass is 16.5. The van der Waals surface area contributed by atoms with Gasteiger partial charge in [-0.1, -0.05) is 129 Å². The molecule has 0 unspecified atom stereocenters. The van der Waals surface area contributed by atoms with Crippen molar-refractivity contribution in [1.82, 2.24) is 0 Å². The molecule has 216 valence electrons. The highest BCUT2D eigenvalue weighted by molar-refractivity contribution is 5.86. The topological polar surface area (TPSA) is 18.5 Å². The molecule has 0 aromatic heterocycles. The largest absolute Gasteiger partial charge is 0.497 e. The third-order valence-electron chi connectivity index (χ3n) is 9.35. The molecule has 0 amide bonds. The Morgan fingerprint density at radius 3 is 1.36 bits per heavy atom. The normalized spacial score (nSPS) is 13.2. The van der Waals surface area contributed by atoms with E-state index >= 15 is 0 Å². The molecule has 0 aliphatic heterocycles. The van der Waals surface area contributed by atoms with Crippen LogP contribution in [0.25, 0.3) is 11.1 Å². The lowest BCUT2D eigenvalue weighted by Crippen LogP contribution is -2.28. The summed E-state index contributed by atoms with van der Waals surface area (Å²) in [6, 6.07) is 52.0. The number of aryl methyl sites for hydroxylation is 1. The zero-order valence-corrected chi connectivity index (χ0v) is 25.7. The van der Waals surface area contributed by atoms with Gasteiger partial charge in [-0.15, -0.1) is 0 Å². The van der Waals surface area contributed by atoms with Crippen LogP contribution in [0.15, 0.2) is 146 Å². The molecule has 0 spiro atoms. The van der Waals surface area contributed by atoms with Crippen LogP contribution in [0, 0.1) is 6.92 Å². The first-order valence-corrected chi connectivity index (χ1v) is 15.2. The van der Waals surface area contributed by atoms with Crippen molar-refractivity contribution in [2.24, 2.45) is 0 Å². The first-order chi connectivity index (χ1) is 21.4. The summed E-state index contributed by atoms with van der Waals surface area (Å²) < 4.78 is 11.9. The van der Waals surface area contributed by atoms with E-state index in [1.807, 2.05) is 0 Å². The lowest BCUT2D eigenvalue weighted by atomic mass is 9.68. The Bertz CT molecular complexity index is 1870. The van der Waals surface area contributed by atoms with Crippen molar-refractivity contribution >= 4 is 0 Å². The van der Waals surface area contributed by atoms with Gasteiger partial charge in [0, 0.05) is 5.41 Å². The SMILES string of the molecule is COc1ccc(C2(c3ccc(Oc4ccc(C(C)(C)c5ccc(C)cc5)cc4)cc3)c3ccccc3-c3ccccc32)cc1. The molecule has 1 aliphatic rings. The summed E-state index contributed by atoms with van der Waals surface area (Å²) in [5, 5.41) is 0. The molecule has 0 fully saturated rings. The third-order valence-corrected chi connectivity index (χ3v) is 9.35. The summed E-state index contributed by atoms with van der Waals surface area (Å²) in [5.41, 5.74) is 10.8. The van der Waals surface area contributed by atoms with Crippen LogP contribution in [0.3, 0.4) is 0 Å². The maximum atomic E-state index is 6.38. The Hall–Kier alpha value is -5.08. The van der Waals surface area contributed by atoms with Gasteiger partial charge in [-0.2, -0.15) is 0 Å². The van der Waals surface area contributed by atoms with E-state index in [0.29, 0.717) is 0 Å². The second kappa shape index (κ2) is 10.9. The first-order valence-electron chi connectivity index (χ1n) is 15.2. The Kier molecular flexibility index (Phi) is 6.86. The number of hydrogen-bond acceptors (Lipinski definition) is 2. The molecule has 1 aliphatic carbocycles. The molecule has 0 atom stereocenters. The second-order valence-corrected chi connectivity index (χ2v) is 12.2. The minimum absolute atomic E-state index is 0.0997. The maximum absolute atomic E-state index is 6.38. The fraction of sp³-hybridized carbons (Fsp3) is 0.143. The fourth-order valence-electron chi connectivity index (χ4n) is 6.85. The molecule has 0 saturated carbocycles. The van der Waals surface area contributed by atoms with Crippen molar-refractivity contribution in [3.63, 3.8) is 0 Å². The van der Waals surface area contributed by atoms with Crippen molar-refractivity contribution in [3.05, 3.63) is 185 Å². The maximum Gasteiger partial charge on any atom is 0.127 e. The Labute approximate surface area is 260 Å². The van der Waals surface area contributed by atoms with Crippen LogP contribution in [0.4, 0.5) is 0 Å². The van der Waals surface area contributed by atoms with Crippen molar-refractivity contribution < 1.29 is 9.47 Å². The van der Waals surface area contributed by atoms with Crippen LogP contribution >= 0.6 is 0 Å². The van der Waals surface area contributed by atoms with Gasteiger partial charge in [0.15, 0.2) is 0 Å². The van der Waals surface area contributed by atoms with Crippen molar-refractivity contribution in [3.8, 4) is 28.4 Å². The van der Waals surface area contributed by atoms with Crippen molar-refractivity contribution in [2.45, 2.75) is 31.6 Å². The molecule has 44 heavy (non-hydrogen) atoms. The van der Waals surface area contributed by atoms with Gasteiger partial charge >= 0.3 is 0 Å². The summed E-state index contributed by atoms with van der Waals surface area (Å²) in [6.45, 7) is 6.66. The van der Waals surface area contributed by atoms with Crippen molar-refractivity contribution in [2.75, 3.05) is 7.11 Å². The summed E-state index contributed by atoms with van der Waals surface area (Å²) in [6.07, 6.45) is 0. The zero-order valence-electron chi connectivity index (χ0n) is 25.7. The number of rotatable bonds is 7. The van der Waals surface area contributed by atoms with Gasteiger partial charge in [-0.25, -0.2) is 0 Å². The van der Waals surface area contributed by atoms with Gasteiger partial charge in [0.25, 0.3) is 0 Å². The van der Waals surface area contributed by atoms with E-state index in [1.54, 1.807) is 7.11 Å². The quantitative estimate of drug-likeness (QED) is 0.189. The average Bonchev–Trinajstić information content (AvgIpc) is 3.37. The van der Waals surface area contributed by atoms with E-state index in [9.17, 15) is 0 Å². The monoisotopic (exact) mass is 572 g/mol. The average molecular weight is 573 g/mol. The Morgan fingerprint density at radius 2 is 0.886 bits per heavy atom. The molecule has 6 aromatic carbocycles. The van der Waals surface area contributed by atoms with E-state index in [2.05, 4.69) is 166 Å². The molecule has 0 bridgehead atoms. The van der Waals surface area contributed by atoms with Gasteiger partial charge in [-0.05, 0) is 87.8 Å². The molecule has 2 heteroatoms. The number of ether oxygens (including phenoxy) is 2. The standard InChI is InChI=1S/C42H36O2/c1-29-13-15-30(16-14-29)41(2,3)31-17-25-35(26-18-31)44-36-27-21-33(22-28-36)42(32-19-23-34(43-4)24-20-32)39-11-7-5-9-37(39)38-10-6-8-12-40(38)42/h5-28H,1-4H3. The molecule has 0 N–H and O–H groups in total. The molecule has 7 rings (SSSR count). The summed E-state index contributed by atoms with van der Waals surface area (Å²) in [4.78, 5) is 0. The predicted molar refractivity (Wildman–Crippen MR) is 180 cm³/mol. The van der Waals surface area contributed by atoms with Crippen LogP contribution in [0.1, 0.15) is 52.8 Å². The van der Waals surface area contributed by atoms with Crippen LogP contribution in [0.2, 0.25) is 0 Å². The van der Waals surface area contributed by atoms with Crippen LogP contribution in [-0.2, 0) is 10.8 Å². The van der Waals surface area contributed by atoms with Gasteiger partial charge < -0.3 is 9.47 Å². The molecular formula is C42H36O2. The smallest absolute Gasteiger partial charge is 0.127 e. The Balaban J connectivity index is 1.24. The molecule has 0 heterocycles. The third kappa shape index (κ3) is 4.50. The zero-order chi connectivity index (χ0) is 30.3. The first kappa shape index (κ1) is 27.7. The highest BCUT2D eigenvalue weighted by Gasteiger charge is 2.45. The Morgan fingerprint density at radius 1 is 0.477 bits per heavy atom. The molecule has 0 saturated heterocycles. The van der Waals surface area contributed by atoms with Crippen molar-refractivity contribution in [1.29, 1.82) is 0 Å². The van der Waals surface area contributed by atoms with E-state index < -0.39 is 5.41 Å². The lowest BCUT2D eigenvalue weighted by Gasteiger charge is -2.34. The van der Waals surface area contributed by atoms with E-state index in [4.69, 9.17) is 9.47 Å². The summed E-state index contributed by atoms with van der Waals surface area (Å²) in [7, 11) is 1.71. The van der Waals surface area contributed by atoms with Crippen LogP contribution in [-0.4, -0.2) is 7.11 Å². The van der Waals surface area contributed by atoms with Crippen LogP contribution < -0.4 is 9.47 Å². The summed E-state index contributed by atoms with van der Waals surface area (Å²) >= 11 is 0. The minimum Gasteiger partial charge on any atom is -0.497 e. The minimum atomic E-state index is -0.457. The van der Waals surface area contributed by atoms with Gasteiger partial charge in [0.05, 0.1) is 12.5 Å². The van der Waals surface area contributed by atoms with Gasteiger partial charge in [-0.3, -0.25) is 0 Å². The molecule has 0 radical (unpaired) electrons. The number of hydrogen-bond donors (Lipinski definition) is 0. The fourth-order valence-corrected chi connectivity index (χ4v) is 6.85. The number of fused-ring (bicyclic) bond motifs is 3. The molecule has 6 aromatic rings. The second-order valence-electron chi connectivity index (χ2n) is 12.2. The van der Waals surface area contributed by atoms with Gasteiger partial charge in [0.2, 0.25) is 0 Å². The van der Waals surface area contributed by atoms with Gasteiger partial charge in [0.1, 0.15) is 17.2 Å². The van der Waals surface area contributed by atoms with Crippen LogP contribution in [0.5, 0.6) is 17.2 Å². The lowest BCUT2D eigenvalue weighted by molar-refractivity contribution is 0.414. The molecule has 2 nitrogen and oxygen atoms in total. The van der Waals surface area contributed by atoms with E-state index in [-0.39, 0.29) is 5.41 Å². The van der Waals surface area contributed by atoms with E-state index in [0.717, 1.165) is 17.2 Å². The predicted octanol–water partition coefficient (Wildman–Crippen LogP) is 10.5. The summed E-state index contributed by atoms with van der Waals surface area (Å²) in [5.74, 6) is 2.48.